The molecule has 0 N–H and O–H groups in total. The number of hydrogen-bond donors (Lipinski definition) is 0. The lowest BCUT2D eigenvalue weighted by atomic mass is 10.2. The molecule has 0 aliphatic carbocycles. The van der Waals surface area contributed by atoms with Crippen molar-refractivity contribution in [2.24, 2.45) is 0 Å². The van der Waals surface area contributed by atoms with Crippen LogP contribution in [0.5, 0.6) is 11.5 Å². The molecule has 0 spiro atoms. The molecular weight excluding hydrogens is 212 g/mol. The topological polar surface area (TPSA) is 54.0 Å². The summed E-state index contributed by atoms with van der Waals surface area (Å²) in [6.45, 7) is 0.232. The van der Waals surface area contributed by atoms with Crippen LogP contribution in [-0.2, 0) is 9.47 Å². The highest BCUT2D eigenvalue weighted by Crippen LogP contribution is 2.22. The lowest BCUT2D eigenvalue weighted by molar-refractivity contribution is 0.0478. The van der Waals surface area contributed by atoms with Gasteiger partial charge >= 0.3 is 0 Å². The molecule has 0 aliphatic rings. The Morgan fingerprint density at radius 2 is 1.81 bits per heavy atom. The minimum Gasteiger partial charge on any atom is -0.468 e. The maximum absolute atomic E-state index is 10.8. The molecule has 16 heavy (non-hydrogen) atoms. The Hall–Kier alpha value is -1.59. The van der Waals surface area contributed by atoms with E-state index in [9.17, 15) is 4.79 Å². The third kappa shape index (κ3) is 3.52. The Labute approximate surface area is 93.9 Å². The first-order chi connectivity index (χ1) is 7.81. The zero-order valence-corrected chi connectivity index (χ0v) is 9.26. The predicted octanol–water partition coefficient (Wildman–Crippen LogP) is 1.46. The van der Waals surface area contributed by atoms with Crippen molar-refractivity contribution in [3.63, 3.8) is 0 Å². The predicted molar refractivity (Wildman–Crippen MR) is 56.8 cm³/mol. The van der Waals surface area contributed by atoms with Crippen molar-refractivity contribution in [1.82, 2.24) is 0 Å². The Morgan fingerprint density at radius 3 is 2.44 bits per heavy atom. The summed E-state index contributed by atoms with van der Waals surface area (Å²) in [4.78, 5) is 10.8. The molecule has 0 aromatic heterocycles. The first-order valence-corrected chi connectivity index (χ1v) is 4.64. The molecular formula is C11H14O5. The Morgan fingerprint density at radius 1 is 1.12 bits per heavy atom. The SMILES string of the molecule is COCOc1ccc(OCOC)c(C=O)c1. The van der Waals surface area contributed by atoms with Gasteiger partial charge < -0.3 is 18.9 Å². The summed E-state index contributed by atoms with van der Waals surface area (Å²) >= 11 is 0. The van der Waals surface area contributed by atoms with Crippen molar-refractivity contribution in [2.75, 3.05) is 27.8 Å². The average Bonchev–Trinajstić information content (AvgIpc) is 2.34. The number of benzene rings is 1. The van der Waals surface area contributed by atoms with Crippen LogP contribution in [0.1, 0.15) is 10.4 Å². The average molecular weight is 226 g/mol. The van der Waals surface area contributed by atoms with Crippen molar-refractivity contribution >= 4 is 6.29 Å². The number of hydrogen-bond acceptors (Lipinski definition) is 5. The van der Waals surface area contributed by atoms with Crippen molar-refractivity contribution in [2.45, 2.75) is 0 Å². The van der Waals surface area contributed by atoms with Gasteiger partial charge in [0, 0.05) is 14.2 Å². The van der Waals surface area contributed by atoms with Crippen LogP contribution >= 0.6 is 0 Å². The highest BCUT2D eigenvalue weighted by molar-refractivity contribution is 5.80. The fourth-order valence-electron chi connectivity index (χ4n) is 1.09. The van der Waals surface area contributed by atoms with Gasteiger partial charge in [-0.3, -0.25) is 4.79 Å². The summed E-state index contributed by atoms with van der Waals surface area (Å²) in [5.74, 6) is 1.01. The molecule has 5 heteroatoms. The van der Waals surface area contributed by atoms with E-state index in [2.05, 4.69) is 0 Å². The molecule has 0 radical (unpaired) electrons. The van der Waals surface area contributed by atoms with Crippen molar-refractivity contribution < 1.29 is 23.7 Å². The van der Waals surface area contributed by atoms with Crippen LogP contribution in [0.3, 0.4) is 0 Å². The molecule has 0 saturated heterocycles. The molecule has 0 unspecified atom stereocenters. The van der Waals surface area contributed by atoms with E-state index in [4.69, 9.17) is 18.9 Å². The summed E-state index contributed by atoms with van der Waals surface area (Å²) in [6, 6.07) is 4.92. The van der Waals surface area contributed by atoms with Gasteiger partial charge in [0.05, 0.1) is 5.56 Å². The Kier molecular flexibility index (Phi) is 5.31. The van der Waals surface area contributed by atoms with Crippen molar-refractivity contribution in [3.8, 4) is 11.5 Å². The van der Waals surface area contributed by atoms with Gasteiger partial charge in [0.1, 0.15) is 11.5 Å². The minimum atomic E-state index is 0.0963. The maximum atomic E-state index is 10.8. The molecule has 1 rings (SSSR count). The summed E-state index contributed by atoms with van der Waals surface area (Å²) in [6.07, 6.45) is 0.699. The van der Waals surface area contributed by atoms with Gasteiger partial charge in [0.15, 0.2) is 19.9 Å². The van der Waals surface area contributed by atoms with Gasteiger partial charge in [0.25, 0.3) is 0 Å². The molecule has 0 heterocycles. The number of rotatable bonds is 7. The van der Waals surface area contributed by atoms with Crippen LogP contribution in [0.4, 0.5) is 0 Å². The minimum absolute atomic E-state index is 0.0963. The Balaban J connectivity index is 2.75. The normalized spacial score (nSPS) is 9.88. The molecule has 0 amide bonds. The van der Waals surface area contributed by atoms with Gasteiger partial charge in [-0.15, -0.1) is 0 Å². The van der Waals surface area contributed by atoms with Gasteiger partial charge in [-0.25, -0.2) is 0 Å². The summed E-state index contributed by atoms with van der Waals surface area (Å²) in [5.41, 5.74) is 0.408. The standard InChI is InChI=1S/C11H14O5/c1-13-7-15-10-3-4-11(16-8-14-2)9(5-10)6-12/h3-6H,7-8H2,1-2H3. The number of methoxy groups -OCH3 is 2. The molecule has 0 bridgehead atoms. The summed E-state index contributed by atoms with van der Waals surface area (Å²) in [5, 5.41) is 0. The van der Waals surface area contributed by atoms with Gasteiger partial charge in [0.2, 0.25) is 0 Å². The van der Waals surface area contributed by atoms with Crippen LogP contribution < -0.4 is 9.47 Å². The molecule has 0 aliphatic heterocycles. The van der Waals surface area contributed by atoms with Gasteiger partial charge in [-0.1, -0.05) is 0 Å². The largest absolute Gasteiger partial charge is 0.468 e. The first kappa shape index (κ1) is 12.5. The van der Waals surface area contributed by atoms with Crippen LogP contribution in [-0.4, -0.2) is 34.1 Å². The Bertz CT molecular complexity index is 337. The van der Waals surface area contributed by atoms with E-state index >= 15 is 0 Å². The summed E-state index contributed by atoms with van der Waals surface area (Å²) < 4.78 is 19.9. The van der Waals surface area contributed by atoms with E-state index in [1.807, 2.05) is 0 Å². The third-order valence-corrected chi connectivity index (χ3v) is 1.78. The maximum Gasteiger partial charge on any atom is 0.188 e. The lowest BCUT2D eigenvalue weighted by Gasteiger charge is -2.09. The zero-order chi connectivity index (χ0) is 11.8. The van der Waals surface area contributed by atoms with E-state index in [-0.39, 0.29) is 13.6 Å². The second-order valence-corrected chi connectivity index (χ2v) is 2.92. The van der Waals surface area contributed by atoms with E-state index in [1.165, 1.54) is 14.2 Å². The van der Waals surface area contributed by atoms with E-state index < -0.39 is 0 Å². The van der Waals surface area contributed by atoms with E-state index in [0.29, 0.717) is 23.3 Å². The lowest BCUT2D eigenvalue weighted by Crippen LogP contribution is -2.03. The van der Waals surface area contributed by atoms with Crippen molar-refractivity contribution in [1.29, 1.82) is 0 Å². The highest BCUT2D eigenvalue weighted by atomic mass is 16.7. The fraction of sp³-hybridized carbons (Fsp3) is 0.364. The molecule has 5 nitrogen and oxygen atoms in total. The van der Waals surface area contributed by atoms with Gasteiger partial charge in [-0.2, -0.15) is 0 Å². The van der Waals surface area contributed by atoms with Crippen molar-refractivity contribution in [3.05, 3.63) is 23.8 Å². The quantitative estimate of drug-likeness (QED) is 0.520. The first-order valence-electron chi connectivity index (χ1n) is 4.64. The van der Waals surface area contributed by atoms with Gasteiger partial charge in [-0.05, 0) is 18.2 Å². The smallest absolute Gasteiger partial charge is 0.188 e. The van der Waals surface area contributed by atoms with E-state index in [0.717, 1.165) is 0 Å². The third-order valence-electron chi connectivity index (χ3n) is 1.78. The molecule has 0 atom stereocenters. The number of carbonyl (C=O) groups excluding carboxylic acids is 1. The number of carbonyl (C=O) groups is 1. The molecule has 1 aromatic rings. The second-order valence-electron chi connectivity index (χ2n) is 2.92. The van der Waals surface area contributed by atoms with E-state index in [1.54, 1.807) is 18.2 Å². The summed E-state index contributed by atoms with van der Waals surface area (Å²) in [7, 11) is 3.04. The fourth-order valence-corrected chi connectivity index (χ4v) is 1.09. The van der Waals surface area contributed by atoms with Crippen LogP contribution in [0, 0.1) is 0 Å². The molecule has 1 aromatic carbocycles. The van der Waals surface area contributed by atoms with Crippen LogP contribution in [0.25, 0.3) is 0 Å². The van der Waals surface area contributed by atoms with Crippen LogP contribution in [0.2, 0.25) is 0 Å². The van der Waals surface area contributed by atoms with Crippen LogP contribution in [0.15, 0.2) is 18.2 Å². The molecule has 0 saturated carbocycles. The molecule has 88 valence electrons. The molecule has 0 fully saturated rings. The number of aldehydes is 1. The monoisotopic (exact) mass is 226 g/mol. The number of ether oxygens (including phenoxy) is 4. The zero-order valence-electron chi connectivity index (χ0n) is 9.26. The second kappa shape index (κ2) is 6.81. The highest BCUT2D eigenvalue weighted by Gasteiger charge is 2.05.